The molecule has 1 aliphatic rings. The van der Waals surface area contributed by atoms with E-state index in [9.17, 15) is 4.79 Å². The van der Waals surface area contributed by atoms with Crippen molar-refractivity contribution in [3.8, 4) is 0 Å². The number of aryl methyl sites for hydroxylation is 1. The molecule has 104 valence electrons. The van der Waals surface area contributed by atoms with E-state index in [4.69, 9.17) is 5.73 Å². The second kappa shape index (κ2) is 5.70. The Morgan fingerprint density at radius 3 is 2.68 bits per heavy atom. The van der Waals surface area contributed by atoms with E-state index in [2.05, 4.69) is 4.98 Å². The van der Waals surface area contributed by atoms with E-state index in [1.54, 1.807) is 4.90 Å². The molecule has 4 nitrogen and oxygen atoms in total. The van der Waals surface area contributed by atoms with Gasteiger partial charge in [0.05, 0.1) is 17.8 Å². The summed E-state index contributed by atoms with van der Waals surface area (Å²) < 4.78 is 0. The molecule has 0 atom stereocenters. The van der Waals surface area contributed by atoms with Gasteiger partial charge < -0.3 is 10.6 Å². The first kappa shape index (κ1) is 14.0. The second-order valence-corrected chi connectivity index (χ2v) is 5.65. The van der Waals surface area contributed by atoms with Crippen molar-refractivity contribution in [1.29, 1.82) is 0 Å². The Kier molecular flexibility index (Phi) is 4.20. The molecule has 0 radical (unpaired) electrons. The van der Waals surface area contributed by atoms with Crippen molar-refractivity contribution in [1.82, 2.24) is 9.88 Å². The fourth-order valence-electron chi connectivity index (χ4n) is 2.78. The molecule has 0 spiro atoms. The molecular formula is C15H23N3O. The minimum atomic E-state index is -0.656. The van der Waals surface area contributed by atoms with Gasteiger partial charge in [0.15, 0.2) is 0 Å². The van der Waals surface area contributed by atoms with Gasteiger partial charge in [-0.1, -0.05) is 25.3 Å². The van der Waals surface area contributed by atoms with Crippen LogP contribution in [0.5, 0.6) is 0 Å². The fourth-order valence-corrected chi connectivity index (χ4v) is 2.78. The predicted octanol–water partition coefficient (Wildman–Crippen LogP) is 2.01. The lowest BCUT2D eigenvalue weighted by atomic mass is 9.81. The topological polar surface area (TPSA) is 59.2 Å². The minimum absolute atomic E-state index is 0.0514. The number of carbonyl (C=O) groups is 1. The molecule has 0 aliphatic heterocycles. The molecule has 0 unspecified atom stereocenters. The van der Waals surface area contributed by atoms with E-state index in [0.29, 0.717) is 6.54 Å². The molecule has 1 aromatic rings. The van der Waals surface area contributed by atoms with E-state index >= 15 is 0 Å². The third kappa shape index (κ3) is 3.32. The van der Waals surface area contributed by atoms with Gasteiger partial charge in [0.2, 0.25) is 5.91 Å². The van der Waals surface area contributed by atoms with Gasteiger partial charge >= 0.3 is 0 Å². The average molecular weight is 261 g/mol. The maximum absolute atomic E-state index is 12.5. The lowest BCUT2D eigenvalue weighted by molar-refractivity contribution is -0.137. The van der Waals surface area contributed by atoms with Gasteiger partial charge in [0, 0.05) is 12.7 Å². The molecule has 0 bridgehead atoms. The Balaban J connectivity index is 2.03. The van der Waals surface area contributed by atoms with Crippen molar-refractivity contribution in [3.63, 3.8) is 0 Å². The Labute approximate surface area is 115 Å². The lowest BCUT2D eigenvalue weighted by Gasteiger charge is -2.35. The normalized spacial score (nSPS) is 18.1. The van der Waals surface area contributed by atoms with E-state index in [1.165, 1.54) is 6.42 Å². The molecular weight excluding hydrogens is 238 g/mol. The molecule has 1 amide bonds. The summed E-state index contributed by atoms with van der Waals surface area (Å²) in [5.74, 6) is 0.0514. The Morgan fingerprint density at radius 1 is 1.37 bits per heavy atom. The molecule has 2 rings (SSSR count). The number of aromatic nitrogens is 1. The Hall–Kier alpha value is -1.42. The van der Waals surface area contributed by atoms with Crippen LogP contribution in [0.2, 0.25) is 0 Å². The van der Waals surface area contributed by atoms with Crippen LogP contribution in [0.15, 0.2) is 18.2 Å². The Morgan fingerprint density at radius 2 is 2.05 bits per heavy atom. The number of amides is 1. The molecule has 1 fully saturated rings. The van der Waals surface area contributed by atoms with Crippen LogP contribution in [0, 0.1) is 6.92 Å². The quantitative estimate of drug-likeness (QED) is 0.905. The standard InChI is InChI=1S/C15H23N3O/c1-12-7-6-8-13(17-12)11-18(2)14(19)15(16)9-4-3-5-10-15/h6-8H,3-5,9-11,16H2,1-2H3. The number of nitrogens with two attached hydrogens (primary N) is 1. The summed E-state index contributed by atoms with van der Waals surface area (Å²) in [6, 6.07) is 5.87. The number of rotatable bonds is 3. The van der Waals surface area contributed by atoms with Crippen LogP contribution < -0.4 is 5.73 Å². The first-order valence-corrected chi connectivity index (χ1v) is 6.98. The zero-order valence-corrected chi connectivity index (χ0v) is 11.9. The summed E-state index contributed by atoms with van der Waals surface area (Å²) in [5.41, 5.74) is 7.50. The zero-order chi connectivity index (χ0) is 13.9. The monoisotopic (exact) mass is 261 g/mol. The molecule has 1 aromatic heterocycles. The number of carbonyl (C=O) groups excluding carboxylic acids is 1. The molecule has 0 saturated heterocycles. The number of likely N-dealkylation sites (N-methyl/N-ethyl adjacent to an activating group) is 1. The van der Waals surface area contributed by atoms with Crippen LogP contribution in [0.25, 0.3) is 0 Å². The average Bonchev–Trinajstić information content (AvgIpc) is 2.38. The van der Waals surface area contributed by atoms with Crippen molar-refractivity contribution in [2.24, 2.45) is 5.73 Å². The molecule has 1 saturated carbocycles. The highest BCUT2D eigenvalue weighted by molar-refractivity contribution is 5.86. The SMILES string of the molecule is Cc1cccc(CN(C)C(=O)C2(N)CCCCC2)n1. The third-order valence-corrected chi connectivity index (χ3v) is 3.86. The maximum Gasteiger partial charge on any atom is 0.242 e. The summed E-state index contributed by atoms with van der Waals surface area (Å²) in [6.45, 7) is 2.48. The highest BCUT2D eigenvalue weighted by Gasteiger charge is 2.37. The number of hydrogen-bond donors (Lipinski definition) is 1. The third-order valence-electron chi connectivity index (χ3n) is 3.86. The van der Waals surface area contributed by atoms with E-state index in [-0.39, 0.29) is 5.91 Å². The molecule has 1 heterocycles. The molecule has 2 N–H and O–H groups in total. The van der Waals surface area contributed by atoms with Crippen LogP contribution >= 0.6 is 0 Å². The highest BCUT2D eigenvalue weighted by atomic mass is 16.2. The van der Waals surface area contributed by atoms with Crippen molar-refractivity contribution in [2.75, 3.05) is 7.05 Å². The predicted molar refractivity (Wildman–Crippen MR) is 75.5 cm³/mol. The van der Waals surface area contributed by atoms with Gasteiger partial charge in [-0.05, 0) is 31.9 Å². The van der Waals surface area contributed by atoms with Crippen LogP contribution in [0.3, 0.4) is 0 Å². The largest absolute Gasteiger partial charge is 0.338 e. The minimum Gasteiger partial charge on any atom is -0.338 e. The molecule has 1 aliphatic carbocycles. The van der Waals surface area contributed by atoms with Crippen molar-refractivity contribution >= 4 is 5.91 Å². The van der Waals surface area contributed by atoms with Gasteiger partial charge in [-0.3, -0.25) is 9.78 Å². The molecule has 19 heavy (non-hydrogen) atoms. The van der Waals surface area contributed by atoms with Crippen molar-refractivity contribution < 1.29 is 4.79 Å². The number of pyridine rings is 1. The Bertz CT molecular complexity index is 452. The first-order valence-electron chi connectivity index (χ1n) is 6.98. The summed E-state index contributed by atoms with van der Waals surface area (Å²) in [7, 11) is 1.82. The highest BCUT2D eigenvalue weighted by Crippen LogP contribution is 2.27. The van der Waals surface area contributed by atoms with Gasteiger partial charge in [-0.15, -0.1) is 0 Å². The zero-order valence-electron chi connectivity index (χ0n) is 11.9. The summed E-state index contributed by atoms with van der Waals surface area (Å²) in [5, 5.41) is 0. The van der Waals surface area contributed by atoms with Gasteiger partial charge in [0.1, 0.15) is 0 Å². The van der Waals surface area contributed by atoms with Crippen LogP contribution in [-0.4, -0.2) is 28.4 Å². The fraction of sp³-hybridized carbons (Fsp3) is 0.600. The van der Waals surface area contributed by atoms with Crippen molar-refractivity contribution in [2.45, 2.75) is 51.1 Å². The van der Waals surface area contributed by atoms with Gasteiger partial charge in [0.25, 0.3) is 0 Å². The van der Waals surface area contributed by atoms with Crippen LogP contribution in [0.4, 0.5) is 0 Å². The lowest BCUT2D eigenvalue weighted by Crippen LogP contribution is -2.55. The van der Waals surface area contributed by atoms with Gasteiger partial charge in [-0.25, -0.2) is 0 Å². The summed E-state index contributed by atoms with van der Waals surface area (Å²) in [6.07, 6.45) is 4.90. The van der Waals surface area contributed by atoms with Crippen LogP contribution in [-0.2, 0) is 11.3 Å². The summed E-state index contributed by atoms with van der Waals surface area (Å²) >= 11 is 0. The second-order valence-electron chi connectivity index (χ2n) is 5.65. The summed E-state index contributed by atoms with van der Waals surface area (Å²) in [4.78, 5) is 18.6. The number of hydrogen-bond acceptors (Lipinski definition) is 3. The van der Waals surface area contributed by atoms with Crippen molar-refractivity contribution in [3.05, 3.63) is 29.6 Å². The van der Waals surface area contributed by atoms with E-state index in [1.807, 2.05) is 32.2 Å². The maximum atomic E-state index is 12.5. The molecule has 0 aromatic carbocycles. The first-order chi connectivity index (χ1) is 9.01. The van der Waals surface area contributed by atoms with E-state index < -0.39 is 5.54 Å². The van der Waals surface area contributed by atoms with E-state index in [0.717, 1.165) is 37.1 Å². The van der Waals surface area contributed by atoms with Crippen LogP contribution in [0.1, 0.15) is 43.5 Å². The molecule has 4 heteroatoms. The van der Waals surface area contributed by atoms with Gasteiger partial charge in [-0.2, -0.15) is 0 Å². The number of nitrogens with zero attached hydrogens (tertiary/aromatic N) is 2. The smallest absolute Gasteiger partial charge is 0.242 e.